The molecular formula is C19H16OS. The van der Waals surface area contributed by atoms with Crippen molar-refractivity contribution in [3.8, 4) is 11.5 Å². The fourth-order valence-electron chi connectivity index (χ4n) is 2.04. The van der Waals surface area contributed by atoms with Crippen LogP contribution in [-0.2, 0) is 0 Å². The van der Waals surface area contributed by atoms with Crippen LogP contribution in [0.25, 0.3) is 0 Å². The van der Waals surface area contributed by atoms with Gasteiger partial charge < -0.3 is 4.74 Å². The van der Waals surface area contributed by atoms with Crippen molar-refractivity contribution in [2.24, 2.45) is 0 Å². The molecule has 0 spiro atoms. The Kier molecular flexibility index (Phi) is 4.27. The predicted molar refractivity (Wildman–Crippen MR) is 88.3 cm³/mol. The first kappa shape index (κ1) is 13.8. The summed E-state index contributed by atoms with van der Waals surface area (Å²) in [4.78, 5) is 2.34. The van der Waals surface area contributed by atoms with Crippen LogP contribution < -0.4 is 4.74 Å². The maximum Gasteiger partial charge on any atom is 0.141 e. The summed E-state index contributed by atoms with van der Waals surface area (Å²) in [5.74, 6) is 1.74. The van der Waals surface area contributed by atoms with Crippen molar-refractivity contribution in [3.63, 3.8) is 0 Å². The van der Waals surface area contributed by atoms with Crippen molar-refractivity contribution in [2.45, 2.75) is 16.7 Å². The van der Waals surface area contributed by atoms with Gasteiger partial charge in [0.15, 0.2) is 0 Å². The van der Waals surface area contributed by atoms with Gasteiger partial charge in [-0.25, -0.2) is 0 Å². The number of aryl methyl sites for hydroxylation is 1. The van der Waals surface area contributed by atoms with E-state index in [9.17, 15) is 0 Å². The van der Waals surface area contributed by atoms with E-state index in [1.165, 1.54) is 10.5 Å². The van der Waals surface area contributed by atoms with Crippen molar-refractivity contribution in [2.75, 3.05) is 0 Å². The average Bonchev–Trinajstić information content (AvgIpc) is 2.50. The van der Waals surface area contributed by atoms with E-state index >= 15 is 0 Å². The van der Waals surface area contributed by atoms with Crippen molar-refractivity contribution in [1.82, 2.24) is 0 Å². The van der Waals surface area contributed by atoms with Gasteiger partial charge in [0, 0.05) is 4.90 Å². The highest BCUT2D eigenvalue weighted by molar-refractivity contribution is 7.99. The maximum atomic E-state index is 5.99. The molecule has 0 aliphatic heterocycles. The molecule has 0 amide bonds. The summed E-state index contributed by atoms with van der Waals surface area (Å²) in [7, 11) is 0. The Balaban J connectivity index is 1.86. The minimum atomic E-state index is 0.856. The summed E-state index contributed by atoms with van der Waals surface area (Å²) < 4.78 is 5.99. The van der Waals surface area contributed by atoms with Gasteiger partial charge in [0.05, 0.1) is 4.90 Å². The van der Waals surface area contributed by atoms with Crippen LogP contribution in [0.3, 0.4) is 0 Å². The molecule has 0 aliphatic carbocycles. The molecule has 0 saturated heterocycles. The van der Waals surface area contributed by atoms with E-state index in [-0.39, 0.29) is 0 Å². The molecule has 1 nitrogen and oxygen atoms in total. The van der Waals surface area contributed by atoms with Crippen LogP contribution in [0.4, 0.5) is 0 Å². The van der Waals surface area contributed by atoms with E-state index in [1.54, 1.807) is 11.8 Å². The molecule has 0 aromatic heterocycles. The topological polar surface area (TPSA) is 9.23 Å². The van der Waals surface area contributed by atoms with Gasteiger partial charge in [0.25, 0.3) is 0 Å². The second-order valence-corrected chi connectivity index (χ2v) is 5.90. The Hall–Kier alpha value is -2.19. The van der Waals surface area contributed by atoms with Gasteiger partial charge in [-0.15, -0.1) is 0 Å². The zero-order valence-electron chi connectivity index (χ0n) is 11.8. The molecule has 0 unspecified atom stereocenters. The van der Waals surface area contributed by atoms with E-state index in [0.717, 1.165) is 16.4 Å². The van der Waals surface area contributed by atoms with E-state index in [4.69, 9.17) is 4.74 Å². The Morgan fingerprint density at radius 3 is 2.33 bits per heavy atom. The number of rotatable bonds is 4. The summed E-state index contributed by atoms with van der Waals surface area (Å²) in [6, 6.07) is 26.5. The Labute approximate surface area is 129 Å². The minimum absolute atomic E-state index is 0.856. The van der Waals surface area contributed by atoms with Gasteiger partial charge in [0.1, 0.15) is 11.5 Å². The second-order valence-electron chi connectivity index (χ2n) is 4.78. The van der Waals surface area contributed by atoms with Crippen LogP contribution >= 0.6 is 11.8 Å². The lowest BCUT2D eigenvalue weighted by atomic mass is 10.2. The summed E-state index contributed by atoms with van der Waals surface area (Å²) in [5, 5.41) is 0. The molecule has 0 bridgehead atoms. The molecule has 3 rings (SSSR count). The molecule has 0 N–H and O–H groups in total. The standard InChI is InChI=1S/C19H16OS/c1-15-8-7-11-17(14-15)21-19-13-6-5-12-18(19)20-16-9-3-2-4-10-16/h2-14H,1H3. The zero-order valence-corrected chi connectivity index (χ0v) is 12.6. The summed E-state index contributed by atoms with van der Waals surface area (Å²) >= 11 is 1.72. The van der Waals surface area contributed by atoms with Gasteiger partial charge in [0.2, 0.25) is 0 Å². The number of hydrogen-bond donors (Lipinski definition) is 0. The van der Waals surface area contributed by atoms with Gasteiger partial charge >= 0.3 is 0 Å². The predicted octanol–water partition coefficient (Wildman–Crippen LogP) is 5.94. The Bertz CT molecular complexity index is 722. The zero-order chi connectivity index (χ0) is 14.5. The Morgan fingerprint density at radius 2 is 1.52 bits per heavy atom. The Morgan fingerprint density at radius 1 is 0.762 bits per heavy atom. The summed E-state index contributed by atoms with van der Waals surface area (Å²) in [5.41, 5.74) is 1.27. The minimum Gasteiger partial charge on any atom is -0.456 e. The van der Waals surface area contributed by atoms with Crippen LogP contribution in [0.5, 0.6) is 11.5 Å². The molecule has 3 aromatic carbocycles. The molecule has 3 aromatic rings. The molecule has 104 valence electrons. The number of ether oxygens (including phenoxy) is 1. The largest absolute Gasteiger partial charge is 0.456 e. The van der Waals surface area contributed by atoms with Crippen molar-refractivity contribution in [3.05, 3.63) is 84.4 Å². The maximum absolute atomic E-state index is 5.99. The van der Waals surface area contributed by atoms with Crippen LogP contribution in [0, 0.1) is 6.92 Å². The number of hydrogen-bond acceptors (Lipinski definition) is 2. The smallest absolute Gasteiger partial charge is 0.141 e. The first-order valence-corrected chi connectivity index (χ1v) is 7.69. The third kappa shape index (κ3) is 3.67. The lowest BCUT2D eigenvalue weighted by molar-refractivity contribution is 0.471. The molecule has 0 fully saturated rings. The fraction of sp³-hybridized carbons (Fsp3) is 0.0526. The fourth-order valence-corrected chi connectivity index (χ4v) is 3.04. The van der Waals surface area contributed by atoms with E-state index in [0.29, 0.717) is 0 Å². The number of para-hydroxylation sites is 2. The molecule has 0 heterocycles. The van der Waals surface area contributed by atoms with Gasteiger partial charge in [-0.05, 0) is 43.3 Å². The first-order valence-electron chi connectivity index (χ1n) is 6.88. The van der Waals surface area contributed by atoms with Crippen molar-refractivity contribution >= 4 is 11.8 Å². The van der Waals surface area contributed by atoms with E-state index in [2.05, 4.69) is 37.3 Å². The third-order valence-corrected chi connectivity index (χ3v) is 4.08. The second kappa shape index (κ2) is 6.51. The lowest BCUT2D eigenvalue weighted by Crippen LogP contribution is -1.86. The van der Waals surface area contributed by atoms with E-state index < -0.39 is 0 Å². The lowest BCUT2D eigenvalue weighted by Gasteiger charge is -2.11. The molecule has 0 radical (unpaired) electrons. The van der Waals surface area contributed by atoms with E-state index in [1.807, 2.05) is 48.5 Å². The third-order valence-electron chi connectivity index (χ3n) is 3.04. The highest BCUT2D eigenvalue weighted by Crippen LogP contribution is 2.37. The van der Waals surface area contributed by atoms with Gasteiger partial charge in [-0.3, -0.25) is 0 Å². The van der Waals surface area contributed by atoms with Gasteiger partial charge in [-0.1, -0.05) is 59.8 Å². The van der Waals surface area contributed by atoms with Crippen molar-refractivity contribution in [1.29, 1.82) is 0 Å². The molecule has 21 heavy (non-hydrogen) atoms. The van der Waals surface area contributed by atoms with Crippen LogP contribution in [0.2, 0.25) is 0 Å². The van der Waals surface area contributed by atoms with Crippen LogP contribution in [0.1, 0.15) is 5.56 Å². The normalized spacial score (nSPS) is 10.3. The quantitative estimate of drug-likeness (QED) is 0.588. The molecule has 2 heteroatoms. The molecule has 0 atom stereocenters. The SMILES string of the molecule is Cc1cccc(Sc2ccccc2Oc2ccccc2)c1. The highest BCUT2D eigenvalue weighted by Gasteiger charge is 2.06. The van der Waals surface area contributed by atoms with Crippen molar-refractivity contribution < 1.29 is 4.74 Å². The molecule has 0 aliphatic rings. The first-order chi connectivity index (χ1) is 10.3. The molecular weight excluding hydrogens is 276 g/mol. The molecule has 0 saturated carbocycles. The number of benzene rings is 3. The summed E-state index contributed by atoms with van der Waals surface area (Å²) in [6.07, 6.45) is 0. The monoisotopic (exact) mass is 292 g/mol. The van der Waals surface area contributed by atoms with Crippen LogP contribution in [0.15, 0.2) is 88.7 Å². The van der Waals surface area contributed by atoms with Gasteiger partial charge in [-0.2, -0.15) is 0 Å². The summed E-state index contributed by atoms with van der Waals surface area (Å²) in [6.45, 7) is 2.11. The highest BCUT2D eigenvalue weighted by atomic mass is 32.2. The van der Waals surface area contributed by atoms with Crippen LogP contribution in [-0.4, -0.2) is 0 Å². The average molecular weight is 292 g/mol.